The van der Waals surface area contributed by atoms with Gasteiger partial charge in [-0.1, -0.05) is 5.16 Å². The summed E-state index contributed by atoms with van der Waals surface area (Å²) in [6, 6.07) is 7.25. The van der Waals surface area contributed by atoms with E-state index in [-0.39, 0.29) is 12.6 Å². The van der Waals surface area contributed by atoms with Gasteiger partial charge in [-0.05, 0) is 31.2 Å². The largest absolute Gasteiger partial charge is 0.337 e. The van der Waals surface area contributed by atoms with Crippen LogP contribution in [0.3, 0.4) is 0 Å². The number of carbonyl (C=O) groups is 1. The molecular weight excluding hydrogens is 314 g/mol. The van der Waals surface area contributed by atoms with Gasteiger partial charge in [0.05, 0.1) is 5.00 Å². The molecular formula is C15H15N5O2S. The van der Waals surface area contributed by atoms with Crippen molar-refractivity contribution in [1.29, 1.82) is 0 Å². The van der Waals surface area contributed by atoms with Crippen LogP contribution in [0.2, 0.25) is 0 Å². The zero-order valence-electron chi connectivity index (χ0n) is 12.7. The van der Waals surface area contributed by atoms with E-state index in [9.17, 15) is 4.79 Å². The predicted octanol–water partition coefficient (Wildman–Crippen LogP) is 3.17. The Hall–Kier alpha value is -2.74. The van der Waals surface area contributed by atoms with E-state index in [1.54, 1.807) is 25.5 Å². The number of aromatic nitrogens is 3. The van der Waals surface area contributed by atoms with Gasteiger partial charge in [-0.3, -0.25) is 10.3 Å². The third-order valence-corrected chi connectivity index (χ3v) is 3.99. The summed E-state index contributed by atoms with van der Waals surface area (Å²) in [5.74, 6) is 0.819. The quantitative estimate of drug-likeness (QED) is 0.795. The highest BCUT2D eigenvalue weighted by Gasteiger charge is 2.15. The summed E-state index contributed by atoms with van der Waals surface area (Å²) in [6.45, 7) is 2.21. The molecule has 0 unspecified atom stereocenters. The third-order valence-electron chi connectivity index (χ3n) is 3.08. The Morgan fingerprint density at radius 3 is 2.96 bits per heavy atom. The normalized spacial score (nSPS) is 10.5. The number of thiophene rings is 1. The van der Waals surface area contributed by atoms with Gasteiger partial charge in [0.25, 0.3) is 0 Å². The van der Waals surface area contributed by atoms with Crippen LogP contribution >= 0.6 is 11.3 Å². The molecule has 1 N–H and O–H groups in total. The first-order chi connectivity index (χ1) is 11.1. The Balaban J connectivity index is 1.62. The molecule has 0 aliphatic carbocycles. The molecule has 3 rings (SSSR count). The molecule has 3 aromatic heterocycles. The number of amides is 2. The minimum Gasteiger partial charge on any atom is -0.337 e. The number of hydrogen-bond acceptors (Lipinski definition) is 6. The second-order valence-electron chi connectivity index (χ2n) is 4.95. The van der Waals surface area contributed by atoms with Crippen LogP contribution in [0, 0.1) is 6.92 Å². The van der Waals surface area contributed by atoms with Crippen molar-refractivity contribution in [1.82, 2.24) is 20.0 Å². The summed E-state index contributed by atoms with van der Waals surface area (Å²) in [5, 5.41) is 7.54. The molecule has 0 fully saturated rings. The number of hydrogen-bond donors (Lipinski definition) is 1. The molecule has 0 radical (unpaired) electrons. The molecule has 0 aliphatic heterocycles. The lowest BCUT2D eigenvalue weighted by molar-refractivity contribution is 0.213. The van der Waals surface area contributed by atoms with Crippen LogP contribution in [0.25, 0.3) is 11.4 Å². The van der Waals surface area contributed by atoms with Crippen molar-refractivity contribution in [3.05, 3.63) is 47.4 Å². The third kappa shape index (κ3) is 3.72. The zero-order chi connectivity index (χ0) is 16.2. The predicted molar refractivity (Wildman–Crippen MR) is 87.1 cm³/mol. The molecule has 118 valence electrons. The van der Waals surface area contributed by atoms with Crippen LogP contribution in [0.5, 0.6) is 0 Å². The molecule has 7 nitrogen and oxygen atoms in total. The SMILES string of the molecule is Cc1ccc(NC(=O)N(C)Cc2nc(-c3cccnc3)no2)s1. The minimum absolute atomic E-state index is 0.226. The Morgan fingerprint density at radius 1 is 1.39 bits per heavy atom. The molecule has 8 heteroatoms. The Bertz CT molecular complexity index is 799. The zero-order valence-corrected chi connectivity index (χ0v) is 13.5. The van der Waals surface area contributed by atoms with Crippen LogP contribution in [0.15, 0.2) is 41.2 Å². The molecule has 23 heavy (non-hydrogen) atoms. The maximum absolute atomic E-state index is 12.1. The lowest BCUT2D eigenvalue weighted by Crippen LogP contribution is -2.30. The fraction of sp³-hybridized carbons (Fsp3) is 0.200. The van der Waals surface area contributed by atoms with Crippen molar-refractivity contribution in [2.75, 3.05) is 12.4 Å². The molecule has 3 heterocycles. The van der Waals surface area contributed by atoms with Crippen LogP contribution in [-0.2, 0) is 6.54 Å². The van der Waals surface area contributed by atoms with E-state index < -0.39 is 0 Å². The summed E-state index contributed by atoms with van der Waals surface area (Å²) in [4.78, 5) is 23.0. The topological polar surface area (TPSA) is 84.2 Å². The molecule has 0 saturated carbocycles. The number of pyridine rings is 1. The fourth-order valence-electron chi connectivity index (χ4n) is 1.91. The lowest BCUT2D eigenvalue weighted by Gasteiger charge is -2.14. The monoisotopic (exact) mass is 329 g/mol. The maximum atomic E-state index is 12.1. The van der Waals surface area contributed by atoms with Crippen LogP contribution in [0.4, 0.5) is 9.80 Å². The van der Waals surface area contributed by atoms with E-state index in [1.807, 2.05) is 25.1 Å². The fourth-order valence-corrected chi connectivity index (χ4v) is 2.67. The van der Waals surface area contributed by atoms with Gasteiger partial charge >= 0.3 is 6.03 Å². The number of urea groups is 1. The van der Waals surface area contributed by atoms with Gasteiger partial charge < -0.3 is 9.42 Å². The summed E-state index contributed by atoms with van der Waals surface area (Å²) < 4.78 is 5.19. The van der Waals surface area contributed by atoms with Gasteiger partial charge in [0.15, 0.2) is 0 Å². The van der Waals surface area contributed by atoms with E-state index in [1.165, 1.54) is 16.2 Å². The van der Waals surface area contributed by atoms with Gasteiger partial charge in [0.1, 0.15) is 6.54 Å². The van der Waals surface area contributed by atoms with Crippen molar-refractivity contribution in [3.63, 3.8) is 0 Å². The van der Waals surface area contributed by atoms with Crippen molar-refractivity contribution >= 4 is 22.4 Å². The van der Waals surface area contributed by atoms with Gasteiger partial charge in [0.2, 0.25) is 11.7 Å². The lowest BCUT2D eigenvalue weighted by atomic mass is 10.3. The number of rotatable bonds is 4. The molecule has 3 aromatic rings. The smallest absolute Gasteiger partial charge is 0.322 e. The van der Waals surface area contributed by atoms with E-state index >= 15 is 0 Å². The van der Waals surface area contributed by atoms with Crippen molar-refractivity contribution in [2.24, 2.45) is 0 Å². The second kappa shape index (κ2) is 6.57. The van der Waals surface area contributed by atoms with Crippen molar-refractivity contribution in [2.45, 2.75) is 13.5 Å². The minimum atomic E-state index is -0.229. The number of anilines is 1. The highest BCUT2D eigenvalue weighted by molar-refractivity contribution is 7.16. The number of aryl methyl sites for hydroxylation is 1. The summed E-state index contributed by atoms with van der Waals surface area (Å²) >= 11 is 1.52. The molecule has 2 amide bonds. The molecule has 0 saturated heterocycles. The van der Waals surface area contributed by atoms with Gasteiger partial charge in [-0.25, -0.2) is 4.79 Å². The average Bonchev–Trinajstić information content (AvgIpc) is 3.17. The van der Waals surface area contributed by atoms with Crippen LogP contribution in [0.1, 0.15) is 10.8 Å². The van der Waals surface area contributed by atoms with Crippen molar-refractivity contribution in [3.8, 4) is 11.4 Å². The van der Waals surface area contributed by atoms with E-state index in [0.717, 1.165) is 15.4 Å². The summed E-state index contributed by atoms with van der Waals surface area (Å²) in [7, 11) is 1.67. The number of carbonyl (C=O) groups excluding carboxylic acids is 1. The Kier molecular flexibility index (Phi) is 4.33. The summed E-state index contributed by atoms with van der Waals surface area (Å²) in [6.07, 6.45) is 3.33. The average molecular weight is 329 g/mol. The maximum Gasteiger partial charge on any atom is 0.322 e. The molecule has 0 atom stereocenters. The van der Waals surface area contributed by atoms with Crippen LogP contribution < -0.4 is 5.32 Å². The highest BCUT2D eigenvalue weighted by atomic mass is 32.1. The number of nitrogens with one attached hydrogen (secondary N) is 1. The Labute approximate surface area is 137 Å². The molecule has 0 spiro atoms. The van der Waals surface area contributed by atoms with Gasteiger partial charge in [-0.2, -0.15) is 4.98 Å². The van der Waals surface area contributed by atoms with Gasteiger partial charge in [0, 0.05) is 29.9 Å². The second-order valence-corrected chi connectivity index (χ2v) is 6.24. The van der Waals surface area contributed by atoms with Crippen molar-refractivity contribution < 1.29 is 9.32 Å². The van der Waals surface area contributed by atoms with Crippen LogP contribution in [-0.4, -0.2) is 33.1 Å². The van der Waals surface area contributed by atoms with E-state index in [0.29, 0.717) is 11.7 Å². The van der Waals surface area contributed by atoms with E-state index in [2.05, 4.69) is 20.4 Å². The first-order valence-corrected chi connectivity index (χ1v) is 7.75. The standard InChI is InChI=1S/C15H15N5O2S/c1-10-5-6-13(23-10)18-15(21)20(2)9-12-17-14(19-22-12)11-4-3-7-16-8-11/h3-8H,9H2,1-2H3,(H,18,21). The molecule has 0 bridgehead atoms. The number of nitrogens with zero attached hydrogens (tertiary/aromatic N) is 4. The summed E-state index contributed by atoms with van der Waals surface area (Å²) in [5.41, 5.74) is 0.767. The first kappa shape index (κ1) is 15.2. The first-order valence-electron chi connectivity index (χ1n) is 6.93. The van der Waals surface area contributed by atoms with E-state index in [4.69, 9.17) is 4.52 Å². The van der Waals surface area contributed by atoms with Gasteiger partial charge in [-0.15, -0.1) is 11.3 Å². The highest BCUT2D eigenvalue weighted by Crippen LogP contribution is 2.21. The molecule has 0 aliphatic rings. The Morgan fingerprint density at radius 2 is 2.26 bits per heavy atom. The molecule has 0 aromatic carbocycles.